The smallest absolute Gasteiger partial charge is 0.267 e. The molecule has 184 valence electrons. The van der Waals surface area contributed by atoms with Crippen molar-refractivity contribution in [2.75, 3.05) is 19.8 Å². The number of amides is 1. The van der Waals surface area contributed by atoms with Crippen LogP contribution in [0.15, 0.2) is 65.7 Å². The molecule has 4 heterocycles. The normalized spacial score (nSPS) is 20.1. The van der Waals surface area contributed by atoms with Crippen molar-refractivity contribution in [2.24, 2.45) is 0 Å². The maximum absolute atomic E-state index is 13.8. The Morgan fingerprint density at radius 2 is 1.89 bits per heavy atom. The molecule has 1 aliphatic heterocycles. The fourth-order valence-electron chi connectivity index (χ4n) is 5.43. The highest BCUT2D eigenvalue weighted by Gasteiger charge is 2.40. The molecule has 2 aliphatic rings. The van der Waals surface area contributed by atoms with Gasteiger partial charge in [-0.3, -0.25) is 28.7 Å². The number of fused-ring (bicyclic) bond motifs is 1. The summed E-state index contributed by atoms with van der Waals surface area (Å²) in [5.74, 6) is -0.368. The third-order valence-corrected chi connectivity index (χ3v) is 7.58. The number of pyridine rings is 3. The van der Waals surface area contributed by atoms with E-state index < -0.39 is 17.4 Å². The number of hydrogen-bond donors (Lipinski definition) is 0. The molecule has 1 amide bonds. The molecule has 5 rings (SSSR count). The molecule has 3 aromatic rings. The molecule has 1 saturated heterocycles. The minimum Gasteiger partial charge on any atom is -0.315 e. The Kier molecular flexibility index (Phi) is 6.66. The van der Waals surface area contributed by atoms with Crippen LogP contribution in [0.5, 0.6) is 0 Å². The van der Waals surface area contributed by atoms with Gasteiger partial charge in [0, 0.05) is 37.4 Å². The SMILES string of the molecule is N#CC1(c2ccccn2)CCN(CN(C(=O)c2ccc3ccccn3c2=O)[C@@H]2CCCCC2=O)CC1. The number of likely N-dealkylation sites (tertiary alicyclic amines) is 1. The number of Topliss-reactive ketones (excluding diaryl/α,β-unsaturated/α-hetero) is 1. The van der Waals surface area contributed by atoms with Crippen LogP contribution in [0, 0.1) is 11.3 Å². The van der Waals surface area contributed by atoms with Crippen molar-refractivity contribution >= 4 is 17.2 Å². The highest BCUT2D eigenvalue weighted by molar-refractivity contribution is 5.98. The van der Waals surface area contributed by atoms with Gasteiger partial charge in [-0.1, -0.05) is 18.6 Å². The van der Waals surface area contributed by atoms with Gasteiger partial charge in [0.1, 0.15) is 11.0 Å². The van der Waals surface area contributed by atoms with Gasteiger partial charge in [0.15, 0.2) is 5.78 Å². The van der Waals surface area contributed by atoms with Crippen molar-refractivity contribution < 1.29 is 9.59 Å². The van der Waals surface area contributed by atoms with Crippen molar-refractivity contribution in [2.45, 2.75) is 50.0 Å². The van der Waals surface area contributed by atoms with E-state index in [1.165, 1.54) is 4.40 Å². The Balaban J connectivity index is 1.41. The lowest BCUT2D eigenvalue weighted by atomic mass is 9.76. The predicted molar refractivity (Wildman–Crippen MR) is 134 cm³/mol. The minimum atomic E-state index is -0.662. The zero-order valence-electron chi connectivity index (χ0n) is 20.2. The van der Waals surface area contributed by atoms with Crippen LogP contribution in [-0.2, 0) is 10.2 Å². The Hall–Kier alpha value is -3.83. The molecule has 8 heteroatoms. The van der Waals surface area contributed by atoms with E-state index in [2.05, 4.69) is 16.0 Å². The lowest BCUT2D eigenvalue weighted by molar-refractivity contribution is -0.126. The van der Waals surface area contributed by atoms with Crippen molar-refractivity contribution in [1.82, 2.24) is 19.2 Å². The Morgan fingerprint density at radius 3 is 2.61 bits per heavy atom. The zero-order valence-corrected chi connectivity index (χ0v) is 20.2. The highest BCUT2D eigenvalue weighted by atomic mass is 16.2. The number of carbonyl (C=O) groups is 2. The van der Waals surface area contributed by atoms with E-state index in [1.54, 1.807) is 35.5 Å². The standard InChI is InChI=1S/C28H29N5O3/c29-19-28(25-10-3-5-15-30-25)13-17-31(18-14-28)20-33(23-8-1-2-9-24(23)34)27(36)22-12-11-21-7-4-6-16-32(21)26(22)35/h3-7,10-12,15-16,23H,1-2,8-9,13-14,17-18,20H2/t23-/m1/s1. The fraction of sp³-hybridized carbons (Fsp3) is 0.393. The van der Waals surface area contributed by atoms with Crippen LogP contribution in [0.25, 0.3) is 5.52 Å². The first kappa shape index (κ1) is 23.9. The van der Waals surface area contributed by atoms with Gasteiger partial charge in [-0.15, -0.1) is 0 Å². The quantitative estimate of drug-likeness (QED) is 0.553. The van der Waals surface area contributed by atoms with E-state index in [9.17, 15) is 19.6 Å². The minimum absolute atomic E-state index is 0.0485. The van der Waals surface area contributed by atoms with E-state index in [-0.39, 0.29) is 23.6 Å². The second-order valence-corrected chi connectivity index (χ2v) is 9.72. The number of aromatic nitrogens is 2. The van der Waals surface area contributed by atoms with Crippen molar-refractivity contribution in [1.29, 1.82) is 5.26 Å². The van der Waals surface area contributed by atoms with E-state index in [4.69, 9.17) is 0 Å². The third-order valence-electron chi connectivity index (χ3n) is 7.58. The molecule has 2 fully saturated rings. The summed E-state index contributed by atoms with van der Waals surface area (Å²) in [5.41, 5.74) is 0.492. The van der Waals surface area contributed by atoms with Crippen LogP contribution in [-0.4, -0.2) is 56.7 Å². The maximum atomic E-state index is 13.8. The topological polar surface area (TPSA) is 98.8 Å². The fourth-order valence-corrected chi connectivity index (χ4v) is 5.43. The summed E-state index contributed by atoms with van der Waals surface area (Å²) in [6.07, 6.45) is 7.26. The molecule has 3 aromatic heterocycles. The molecule has 0 bridgehead atoms. The summed E-state index contributed by atoms with van der Waals surface area (Å²) in [6.45, 7) is 1.42. The predicted octanol–water partition coefficient (Wildman–Crippen LogP) is 3.16. The Bertz CT molecular complexity index is 1370. The summed E-state index contributed by atoms with van der Waals surface area (Å²) in [4.78, 5) is 48.0. The molecule has 0 unspecified atom stereocenters. The summed E-state index contributed by atoms with van der Waals surface area (Å²) < 4.78 is 1.46. The summed E-state index contributed by atoms with van der Waals surface area (Å²) in [7, 11) is 0. The third kappa shape index (κ3) is 4.42. The van der Waals surface area contributed by atoms with Gasteiger partial charge in [-0.05, 0) is 62.1 Å². The van der Waals surface area contributed by atoms with Gasteiger partial charge in [0.05, 0.1) is 24.5 Å². The number of carbonyl (C=O) groups excluding carboxylic acids is 2. The number of ketones is 1. The Labute approximate surface area is 209 Å². The largest absolute Gasteiger partial charge is 0.315 e. The van der Waals surface area contributed by atoms with Gasteiger partial charge in [-0.2, -0.15) is 5.26 Å². The van der Waals surface area contributed by atoms with Crippen molar-refractivity contribution in [3.05, 3.63) is 82.5 Å². The average Bonchev–Trinajstić information content (AvgIpc) is 2.93. The summed E-state index contributed by atoms with van der Waals surface area (Å²) in [6, 6.07) is 16.3. The lowest BCUT2D eigenvalue weighted by Gasteiger charge is -2.41. The number of hydrogen-bond acceptors (Lipinski definition) is 6. The van der Waals surface area contributed by atoms with Crippen LogP contribution >= 0.6 is 0 Å². The van der Waals surface area contributed by atoms with Gasteiger partial charge in [-0.25, -0.2) is 0 Å². The molecule has 36 heavy (non-hydrogen) atoms. The molecule has 0 N–H and O–H groups in total. The van der Waals surface area contributed by atoms with Gasteiger partial charge < -0.3 is 4.90 Å². The molecule has 1 saturated carbocycles. The molecular weight excluding hydrogens is 454 g/mol. The number of piperidine rings is 1. The van der Waals surface area contributed by atoms with E-state index >= 15 is 0 Å². The van der Waals surface area contributed by atoms with Crippen LogP contribution in [0.1, 0.15) is 54.6 Å². The van der Waals surface area contributed by atoms with Crippen LogP contribution < -0.4 is 5.56 Å². The molecule has 1 atom stereocenters. The first-order valence-corrected chi connectivity index (χ1v) is 12.5. The molecule has 0 spiro atoms. The molecule has 1 aliphatic carbocycles. The molecule has 8 nitrogen and oxygen atoms in total. The van der Waals surface area contributed by atoms with E-state index in [0.29, 0.717) is 44.3 Å². The number of rotatable bonds is 5. The first-order chi connectivity index (χ1) is 17.5. The van der Waals surface area contributed by atoms with Crippen LogP contribution in [0.2, 0.25) is 0 Å². The maximum Gasteiger partial charge on any atom is 0.267 e. The van der Waals surface area contributed by atoms with Crippen LogP contribution in [0.3, 0.4) is 0 Å². The molecular formula is C28H29N5O3. The van der Waals surface area contributed by atoms with Gasteiger partial charge in [0.25, 0.3) is 11.5 Å². The average molecular weight is 484 g/mol. The number of nitrogens with zero attached hydrogens (tertiary/aromatic N) is 5. The molecule has 0 radical (unpaired) electrons. The zero-order chi connectivity index (χ0) is 25.1. The van der Waals surface area contributed by atoms with E-state index in [0.717, 1.165) is 18.5 Å². The van der Waals surface area contributed by atoms with E-state index in [1.807, 2.05) is 30.3 Å². The monoisotopic (exact) mass is 483 g/mol. The number of nitriles is 1. The second-order valence-electron chi connectivity index (χ2n) is 9.72. The highest BCUT2D eigenvalue weighted by Crippen LogP contribution is 2.34. The summed E-state index contributed by atoms with van der Waals surface area (Å²) in [5, 5.41) is 10.0. The van der Waals surface area contributed by atoms with Crippen molar-refractivity contribution in [3.63, 3.8) is 0 Å². The molecule has 0 aromatic carbocycles. The first-order valence-electron chi connectivity index (χ1n) is 12.5. The Morgan fingerprint density at radius 1 is 1.08 bits per heavy atom. The lowest BCUT2D eigenvalue weighted by Crippen LogP contribution is -2.54. The van der Waals surface area contributed by atoms with Crippen LogP contribution in [0.4, 0.5) is 0 Å². The summed E-state index contributed by atoms with van der Waals surface area (Å²) >= 11 is 0. The second kappa shape index (κ2) is 10.0. The van der Waals surface area contributed by atoms with Gasteiger partial charge in [0.2, 0.25) is 0 Å². The van der Waals surface area contributed by atoms with Crippen molar-refractivity contribution in [3.8, 4) is 6.07 Å². The van der Waals surface area contributed by atoms with Gasteiger partial charge >= 0.3 is 0 Å².